The fraction of sp³-hybridized carbons (Fsp3) is 0.500. The molecule has 0 radical (unpaired) electrons. The Morgan fingerprint density at radius 2 is 2.06 bits per heavy atom. The van der Waals surface area contributed by atoms with Crippen LogP contribution in [0.5, 0.6) is 0 Å². The molecule has 0 spiro atoms. The molecular formula is C10H15N3O3. The maximum absolute atomic E-state index is 11.7. The standard InChI is InChI=1S/C10H15N3O3/c1-6-8(10(15)16)5-13(11-6)7(2)9(14)12(3)4/h5,7H,1-4H3,(H,15,16). The molecule has 0 aliphatic heterocycles. The molecule has 1 aromatic rings. The largest absolute Gasteiger partial charge is 0.478 e. The first-order valence-corrected chi connectivity index (χ1v) is 4.84. The predicted octanol–water partition coefficient (Wildman–Crippen LogP) is 0.539. The normalized spacial score (nSPS) is 12.2. The summed E-state index contributed by atoms with van der Waals surface area (Å²) in [4.78, 5) is 23.9. The summed E-state index contributed by atoms with van der Waals surface area (Å²) in [5, 5.41) is 12.9. The molecule has 1 amide bonds. The average Bonchev–Trinajstić information content (AvgIpc) is 2.58. The van der Waals surface area contributed by atoms with Gasteiger partial charge in [-0.05, 0) is 13.8 Å². The van der Waals surface area contributed by atoms with Gasteiger partial charge in [-0.1, -0.05) is 0 Å². The van der Waals surface area contributed by atoms with Crippen LogP contribution in [-0.2, 0) is 4.79 Å². The minimum absolute atomic E-state index is 0.124. The lowest BCUT2D eigenvalue weighted by molar-refractivity contribution is -0.131. The maximum atomic E-state index is 11.7. The molecule has 0 saturated heterocycles. The van der Waals surface area contributed by atoms with Crippen molar-refractivity contribution in [3.05, 3.63) is 17.5 Å². The van der Waals surface area contributed by atoms with E-state index < -0.39 is 12.0 Å². The van der Waals surface area contributed by atoms with Crippen LogP contribution in [-0.4, -0.2) is 45.8 Å². The van der Waals surface area contributed by atoms with Crippen LogP contribution in [0.25, 0.3) is 0 Å². The topological polar surface area (TPSA) is 75.4 Å². The second-order valence-corrected chi connectivity index (χ2v) is 3.82. The van der Waals surface area contributed by atoms with Crippen molar-refractivity contribution < 1.29 is 14.7 Å². The van der Waals surface area contributed by atoms with Gasteiger partial charge in [0, 0.05) is 20.3 Å². The SMILES string of the molecule is Cc1nn(C(C)C(=O)N(C)C)cc1C(=O)O. The zero-order chi connectivity index (χ0) is 12.5. The van der Waals surface area contributed by atoms with Crippen LogP contribution in [0.15, 0.2) is 6.20 Å². The third-order valence-electron chi connectivity index (χ3n) is 2.34. The van der Waals surface area contributed by atoms with Crippen LogP contribution >= 0.6 is 0 Å². The fourth-order valence-corrected chi connectivity index (χ4v) is 1.38. The zero-order valence-corrected chi connectivity index (χ0v) is 9.76. The van der Waals surface area contributed by atoms with E-state index >= 15 is 0 Å². The first kappa shape index (κ1) is 12.2. The average molecular weight is 225 g/mol. The highest BCUT2D eigenvalue weighted by atomic mass is 16.4. The number of nitrogens with zero attached hydrogens (tertiary/aromatic N) is 3. The molecule has 0 fully saturated rings. The summed E-state index contributed by atoms with van der Waals surface area (Å²) in [6.45, 7) is 3.28. The summed E-state index contributed by atoms with van der Waals surface area (Å²) in [6.07, 6.45) is 1.38. The van der Waals surface area contributed by atoms with Crippen LogP contribution in [0, 0.1) is 6.92 Å². The van der Waals surface area contributed by atoms with Gasteiger partial charge in [0.05, 0.1) is 5.69 Å². The number of carboxylic acid groups (broad SMARTS) is 1. The Morgan fingerprint density at radius 1 is 1.50 bits per heavy atom. The van der Waals surface area contributed by atoms with Crippen LogP contribution in [0.2, 0.25) is 0 Å². The molecule has 6 nitrogen and oxygen atoms in total. The van der Waals surface area contributed by atoms with E-state index in [0.717, 1.165) is 0 Å². The van der Waals surface area contributed by atoms with Gasteiger partial charge >= 0.3 is 5.97 Å². The van der Waals surface area contributed by atoms with E-state index in [4.69, 9.17) is 5.11 Å². The van der Waals surface area contributed by atoms with E-state index in [-0.39, 0.29) is 11.5 Å². The van der Waals surface area contributed by atoms with Gasteiger partial charge < -0.3 is 10.0 Å². The summed E-state index contributed by atoms with van der Waals surface area (Å²) in [5.74, 6) is -1.16. The molecule has 1 N–H and O–H groups in total. The number of hydrogen-bond acceptors (Lipinski definition) is 3. The quantitative estimate of drug-likeness (QED) is 0.814. The Hall–Kier alpha value is -1.85. The third kappa shape index (κ3) is 2.21. The predicted molar refractivity (Wildman–Crippen MR) is 57.3 cm³/mol. The van der Waals surface area contributed by atoms with Crippen molar-refractivity contribution in [2.24, 2.45) is 0 Å². The van der Waals surface area contributed by atoms with E-state index in [2.05, 4.69) is 5.10 Å². The molecule has 0 aromatic carbocycles. The molecule has 1 aromatic heterocycles. The van der Waals surface area contributed by atoms with Crippen molar-refractivity contribution in [1.82, 2.24) is 14.7 Å². The van der Waals surface area contributed by atoms with Crippen LogP contribution in [0.1, 0.15) is 29.0 Å². The van der Waals surface area contributed by atoms with Crippen molar-refractivity contribution in [2.45, 2.75) is 19.9 Å². The highest BCUT2D eigenvalue weighted by Gasteiger charge is 2.20. The molecular weight excluding hydrogens is 210 g/mol. The number of carboxylic acids is 1. The number of aryl methyl sites for hydroxylation is 1. The summed E-state index contributed by atoms with van der Waals surface area (Å²) >= 11 is 0. The molecule has 0 aliphatic rings. The second-order valence-electron chi connectivity index (χ2n) is 3.82. The number of amides is 1. The number of aromatic carboxylic acids is 1. The molecule has 1 heterocycles. The Labute approximate surface area is 93.5 Å². The smallest absolute Gasteiger partial charge is 0.339 e. The van der Waals surface area contributed by atoms with Crippen LogP contribution < -0.4 is 0 Å². The van der Waals surface area contributed by atoms with E-state index in [0.29, 0.717) is 5.69 Å². The minimum atomic E-state index is -1.03. The number of hydrogen-bond donors (Lipinski definition) is 1. The lowest BCUT2D eigenvalue weighted by Gasteiger charge is -2.16. The van der Waals surface area contributed by atoms with Gasteiger partial charge in [-0.3, -0.25) is 9.48 Å². The summed E-state index contributed by atoms with van der Waals surface area (Å²) in [5.41, 5.74) is 0.532. The maximum Gasteiger partial charge on any atom is 0.339 e. The lowest BCUT2D eigenvalue weighted by atomic mass is 10.2. The van der Waals surface area contributed by atoms with E-state index in [1.54, 1.807) is 27.9 Å². The number of rotatable bonds is 3. The highest BCUT2D eigenvalue weighted by molar-refractivity contribution is 5.88. The van der Waals surface area contributed by atoms with Crippen molar-refractivity contribution in [3.63, 3.8) is 0 Å². The molecule has 1 rings (SSSR count). The molecule has 6 heteroatoms. The molecule has 1 atom stereocenters. The first-order chi connectivity index (χ1) is 7.34. The third-order valence-corrected chi connectivity index (χ3v) is 2.34. The van der Waals surface area contributed by atoms with Gasteiger partial charge in [-0.2, -0.15) is 5.10 Å². The van der Waals surface area contributed by atoms with Gasteiger partial charge in [0.15, 0.2) is 0 Å². The summed E-state index contributed by atoms with van der Waals surface area (Å²) < 4.78 is 1.38. The van der Waals surface area contributed by atoms with Crippen LogP contribution in [0.4, 0.5) is 0 Å². The molecule has 88 valence electrons. The van der Waals surface area contributed by atoms with Crippen molar-refractivity contribution >= 4 is 11.9 Å². The Morgan fingerprint density at radius 3 is 2.44 bits per heavy atom. The van der Waals surface area contributed by atoms with Gasteiger partial charge in [0.25, 0.3) is 0 Å². The number of aromatic nitrogens is 2. The molecule has 0 bridgehead atoms. The Kier molecular flexibility index (Phi) is 3.31. The van der Waals surface area contributed by atoms with Gasteiger partial charge in [0.2, 0.25) is 5.91 Å². The first-order valence-electron chi connectivity index (χ1n) is 4.84. The molecule has 0 aliphatic carbocycles. The second kappa shape index (κ2) is 4.34. The molecule has 16 heavy (non-hydrogen) atoms. The highest BCUT2D eigenvalue weighted by Crippen LogP contribution is 2.12. The number of carbonyl (C=O) groups excluding carboxylic acids is 1. The van der Waals surface area contributed by atoms with Gasteiger partial charge in [-0.15, -0.1) is 0 Å². The number of carbonyl (C=O) groups is 2. The van der Waals surface area contributed by atoms with E-state index in [1.165, 1.54) is 15.8 Å². The van der Waals surface area contributed by atoms with Gasteiger partial charge in [0.1, 0.15) is 11.6 Å². The van der Waals surface area contributed by atoms with E-state index in [9.17, 15) is 9.59 Å². The van der Waals surface area contributed by atoms with Crippen LogP contribution in [0.3, 0.4) is 0 Å². The zero-order valence-electron chi connectivity index (χ0n) is 9.76. The molecule has 1 unspecified atom stereocenters. The summed E-state index contributed by atoms with van der Waals surface area (Å²) in [7, 11) is 3.29. The minimum Gasteiger partial charge on any atom is -0.478 e. The van der Waals surface area contributed by atoms with Crippen molar-refractivity contribution in [2.75, 3.05) is 14.1 Å². The number of likely N-dealkylation sites (N-methyl/N-ethyl adjacent to an activating group) is 1. The fourth-order valence-electron chi connectivity index (χ4n) is 1.38. The van der Waals surface area contributed by atoms with E-state index in [1.807, 2.05) is 0 Å². The van der Waals surface area contributed by atoms with Gasteiger partial charge in [-0.25, -0.2) is 4.79 Å². The lowest BCUT2D eigenvalue weighted by Crippen LogP contribution is -2.30. The summed E-state index contributed by atoms with van der Waals surface area (Å²) in [6, 6.07) is -0.498. The monoisotopic (exact) mass is 225 g/mol. The Bertz CT molecular complexity index is 423. The Balaban J connectivity index is 3.02. The molecule has 0 saturated carbocycles. The van der Waals surface area contributed by atoms with Crippen molar-refractivity contribution in [1.29, 1.82) is 0 Å². The van der Waals surface area contributed by atoms with Crippen molar-refractivity contribution in [3.8, 4) is 0 Å².